The van der Waals surface area contributed by atoms with Gasteiger partial charge in [-0.15, -0.1) is 0 Å². The van der Waals surface area contributed by atoms with Crippen molar-refractivity contribution >= 4 is 64.7 Å². The van der Waals surface area contributed by atoms with E-state index in [1.165, 1.54) is 48.2 Å². The van der Waals surface area contributed by atoms with E-state index in [9.17, 15) is 27.2 Å². The van der Waals surface area contributed by atoms with Crippen molar-refractivity contribution in [2.75, 3.05) is 13.1 Å². The van der Waals surface area contributed by atoms with Crippen LogP contribution in [0.5, 0.6) is 0 Å². The molecule has 3 aromatic carbocycles. The average molecular weight is 726 g/mol. The molecule has 1 aliphatic carbocycles. The van der Waals surface area contributed by atoms with E-state index in [-0.39, 0.29) is 23.8 Å². The normalized spacial score (nSPS) is 13.6. The number of nitrogens with zero attached hydrogens (tertiary/aromatic N) is 4. The highest BCUT2D eigenvalue weighted by Gasteiger charge is 2.49. The molecule has 0 unspecified atom stereocenters. The maximum Gasteiger partial charge on any atom is 0.416 e. The smallest absolute Gasteiger partial charge is 0.360 e. The van der Waals surface area contributed by atoms with E-state index in [1.54, 1.807) is 47.6 Å². The molecular formula is C36H32B6F4N4O2S. The fraction of sp³-hybridized carbons (Fsp3) is 0.361. The Hall–Kier alpha value is -3.57. The standard InChI is InChI=1S/C36H32B6F4N4O2S/c1-3-48(4-2)35(39,40)36(41,42)50(33(37,38)25-14-10-23(11-15-25)24-12-16-26(17-13-24)34(44,45)46)30(51)20-49-29-7-5-6-28(29)31(52)47-32(49)53-21-22-8-18-27(43)19-9-22/h8-19H,3-7,20-21H2,1-2H3. The van der Waals surface area contributed by atoms with Gasteiger partial charge in [0.25, 0.3) is 5.56 Å². The summed E-state index contributed by atoms with van der Waals surface area (Å²) in [6, 6.07) is 16.6. The van der Waals surface area contributed by atoms with Crippen LogP contribution in [0, 0.1) is 5.82 Å². The molecule has 17 heteroatoms. The molecular weight excluding hydrogens is 693 g/mol. The number of carbonyl (C=O) groups is 1. The molecule has 6 nitrogen and oxygen atoms in total. The number of fused-ring (bicyclic) bond motifs is 1. The quantitative estimate of drug-likeness (QED) is 0.0899. The molecule has 0 saturated heterocycles. The van der Waals surface area contributed by atoms with Gasteiger partial charge in [0.1, 0.15) is 12.4 Å². The van der Waals surface area contributed by atoms with Crippen molar-refractivity contribution in [3.05, 3.63) is 117 Å². The number of hydrogen-bond donors (Lipinski definition) is 0. The summed E-state index contributed by atoms with van der Waals surface area (Å²) in [4.78, 5) is 34.5. The first-order valence-electron chi connectivity index (χ1n) is 16.9. The van der Waals surface area contributed by atoms with Gasteiger partial charge in [0.2, 0.25) is 5.91 Å². The minimum absolute atomic E-state index is 0.145. The molecule has 1 aromatic heterocycles. The summed E-state index contributed by atoms with van der Waals surface area (Å²) in [5.74, 6) is -0.894. The first-order valence-corrected chi connectivity index (χ1v) is 17.9. The monoisotopic (exact) mass is 726 g/mol. The highest BCUT2D eigenvalue weighted by Crippen LogP contribution is 2.37. The van der Waals surface area contributed by atoms with Gasteiger partial charge in [-0.05, 0) is 94.9 Å². The van der Waals surface area contributed by atoms with E-state index < -0.39 is 51.6 Å². The lowest BCUT2D eigenvalue weighted by atomic mass is 9.35. The Bertz CT molecular complexity index is 1990. The van der Waals surface area contributed by atoms with E-state index in [1.807, 2.05) is 0 Å². The van der Waals surface area contributed by atoms with Gasteiger partial charge in [0, 0.05) is 17.0 Å². The van der Waals surface area contributed by atoms with Crippen LogP contribution in [0.2, 0.25) is 0 Å². The molecule has 1 heterocycles. The third-order valence-corrected chi connectivity index (χ3v) is 10.6. The van der Waals surface area contributed by atoms with Crippen molar-refractivity contribution in [2.45, 2.75) is 72.8 Å². The van der Waals surface area contributed by atoms with Gasteiger partial charge in [-0.1, -0.05) is 74.1 Å². The summed E-state index contributed by atoms with van der Waals surface area (Å²) in [7, 11) is 40.6. The van der Waals surface area contributed by atoms with Crippen molar-refractivity contribution in [1.82, 2.24) is 19.4 Å². The Kier molecular flexibility index (Phi) is 12.0. The van der Waals surface area contributed by atoms with E-state index in [0.717, 1.165) is 22.6 Å². The maximum absolute atomic E-state index is 14.8. The number of carbonyl (C=O) groups excluding carboxylic acids is 1. The van der Waals surface area contributed by atoms with E-state index in [0.29, 0.717) is 47.4 Å². The summed E-state index contributed by atoms with van der Waals surface area (Å²) in [6.45, 7) is 3.65. The Balaban J connectivity index is 1.57. The van der Waals surface area contributed by atoms with Crippen LogP contribution in [0.1, 0.15) is 48.2 Å². The molecule has 0 saturated carbocycles. The van der Waals surface area contributed by atoms with Gasteiger partial charge >= 0.3 is 6.18 Å². The third kappa shape index (κ3) is 8.26. The number of thioether (sulfide) groups is 1. The highest BCUT2D eigenvalue weighted by atomic mass is 32.2. The van der Waals surface area contributed by atoms with Crippen LogP contribution in [0.25, 0.3) is 11.1 Å². The summed E-state index contributed by atoms with van der Waals surface area (Å²) in [5, 5.41) is -6.58. The first kappa shape index (κ1) is 40.6. The number of halogens is 4. The van der Waals surface area contributed by atoms with Crippen molar-refractivity contribution in [2.24, 2.45) is 0 Å². The summed E-state index contributed by atoms with van der Waals surface area (Å²) in [5.41, 5.74) is 1.81. The van der Waals surface area contributed by atoms with Crippen LogP contribution in [0.3, 0.4) is 0 Å². The summed E-state index contributed by atoms with van der Waals surface area (Å²) < 4.78 is 54.6. The second kappa shape index (κ2) is 15.7. The molecule has 1 amide bonds. The molecule has 53 heavy (non-hydrogen) atoms. The lowest BCUT2D eigenvalue weighted by Gasteiger charge is -2.61. The second-order valence-electron chi connectivity index (χ2n) is 13.0. The predicted octanol–water partition coefficient (Wildman–Crippen LogP) is 4.15. The number of alkyl halides is 3. The zero-order chi connectivity index (χ0) is 38.9. The van der Waals surface area contributed by atoms with Gasteiger partial charge in [0.15, 0.2) is 5.16 Å². The Morgan fingerprint density at radius 1 is 0.811 bits per heavy atom. The number of aromatic nitrogens is 2. The average Bonchev–Trinajstić information content (AvgIpc) is 3.60. The summed E-state index contributed by atoms with van der Waals surface area (Å²) >= 11 is 1.18. The van der Waals surface area contributed by atoms with Crippen LogP contribution in [-0.4, -0.2) is 96.1 Å². The second-order valence-corrected chi connectivity index (χ2v) is 14.0. The Labute approximate surface area is 319 Å². The van der Waals surface area contributed by atoms with E-state index in [2.05, 4.69) is 4.98 Å². The van der Waals surface area contributed by atoms with Crippen LogP contribution in [-0.2, 0) is 41.4 Å². The third-order valence-electron chi connectivity index (χ3n) is 9.59. The molecule has 0 N–H and O–H groups in total. The van der Waals surface area contributed by atoms with Crippen LogP contribution < -0.4 is 5.56 Å². The fourth-order valence-corrected chi connectivity index (χ4v) is 7.57. The molecule has 0 aliphatic heterocycles. The van der Waals surface area contributed by atoms with Gasteiger partial charge in [-0.3, -0.25) is 9.59 Å². The van der Waals surface area contributed by atoms with Gasteiger partial charge in [-0.25, -0.2) is 4.39 Å². The topological polar surface area (TPSA) is 58.4 Å². The first-order chi connectivity index (χ1) is 24.8. The largest absolute Gasteiger partial charge is 0.416 e. The minimum Gasteiger partial charge on any atom is -0.360 e. The molecule has 0 spiro atoms. The van der Waals surface area contributed by atoms with Crippen molar-refractivity contribution in [3.63, 3.8) is 0 Å². The maximum atomic E-state index is 14.8. The van der Waals surface area contributed by atoms with Crippen molar-refractivity contribution in [3.8, 4) is 11.1 Å². The predicted molar refractivity (Wildman–Crippen MR) is 205 cm³/mol. The van der Waals surface area contributed by atoms with E-state index in [4.69, 9.17) is 47.1 Å². The van der Waals surface area contributed by atoms with Gasteiger partial charge in [-0.2, -0.15) is 18.2 Å². The molecule has 12 radical (unpaired) electrons. The lowest BCUT2D eigenvalue weighted by molar-refractivity contribution is -0.138. The number of likely N-dealkylation sites (N-methyl/N-ethyl adjacent to an activating group) is 1. The Morgan fingerprint density at radius 2 is 1.36 bits per heavy atom. The molecule has 260 valence electrons. The molecule has 0 fully saturated rings. The summed E-state index contributed by atoms with van der Waals surface area (Å²) in [6.07, 6.45) is -2.87. The van der Waals surface area contributed by atoms with Crippen LogP contribution in [0.4, 0.5) is 17.6 Å². The number of hydrogen-bond acceptors (Lipinski definition) is 5. The SMILES string of the molecule is [B]C([B])(c1ccc(-c2ccc(C(F)(F)F)cc2)cc1)N(C(=O)Cn1c(SCc2ccc(F)cc2)nc(=O)c2c1CCC2)C([B])([B])C([B])([B])N(CC)CC. The lowest BCUT2D eigenvalue weighted by Crippen LogP contribution is -2.77. The molecule has 4 aromatic rings. The van der Waals surface area contributed by atoms with Crippen LogP contribution in [0.15, 0.2) is 82.7 Å². The zero-order valence-electron chi connectivity index (χ0n) is 29.4. The van der Waals surface area contributed by atoms with Crippen molar-refractivity contribution in [1.29, 1.82) is 0 Å². The van der Waals surface area contributed by atoms with Crippen LogP contribution >= 0.6 is 11.8 Å². The minimum atomic E-state index is -4.49. The molecule has 5 rings (SSSR count). The van der Waals surface area contributed by atoms with Gasteiger partial charge < -0.3 is 14.4 Å². The molecule has 0 atom stereocenters. The number of rotatable bonds is 13. The molecule has 1 aliphatic rings. The number of benzene rings is 3. The molecule has 0 bridgehead atoms. The Morgan fingerprint density at radius 3 is 1.89 bits per heavy atom. The van der Waals surface area contributed by atoms with E-state index >= 15 is 0 Å². The number of amides is 1. The fourth-order valence-electron chi connectivity index (χ4n) is 6.60. The highest BCUT2D eigenvalue weighted by molar-refractivity contribution is 7.98. The van der Waals surface area contributed by atoms with Crippen molar-refractivity contribution < 1.29 is 22.4 Å². The van der Waals surface area contributed by atoms with Gasteiger partial charge in [0.05, 0.1) is 52.6 Å². The zero-order valence-corrected chi connectivity index (χ0v) is 30.2.